The first-order valence-electron chi connectivity index (χ1n) is 12.4. The van der Waals surface area contributed by atoms with E-state index in [4.69, 9.17) is 16.6 Å². The fourth-order valence-electron chi connectivity index (χ4n) is 4.60. The molecule has 0 saturated carbocycles. The number of rotatable bonds is 13. The molecule has 2 heterocycles. The van der Waals surface area contributed by atoms with Gasteiger partial charge in [-0.15, -0.1) is 0 Å². The van der Waals surface area contributed by atoms with Gasteiger partial charge >= 0.3 is 11.9 Å². The summed E-state index contributed by atoms with van der Waals surface area (Å²) in [6.45, 7) is 0.178. The summed E-state index contributed by atoms with van der Waals surface area (Å²) in [6, 6.07) is 2.35. The number of carboxylic acid groups (broad SMARTS) is 2. The second-order valence-electron chi connectivity index (χ2n) is 9.42. The van der Waals surface area contributed by atoms with Crippen molar-refractivity contribution in [1.29, 1.82) is 0 Å². The van der Waals surface area contributed by atoms with E-state index >= 15 is 0 Å². The summed E-state index contributed by atoms with van der Waals surface area (Å²) < 4.78 is 0. The van der Waals surface area contributed by atoms with E-state index in [9.17, 15) is 33.9 Å². The lowest BCUT2D eigenvalue weighted by Gasteiger charge is -2.30. The Morgan fingerprint density at radius 2 is 1.79 bits per heavy atom. The number of fused-ring (bicyclic) bond motifs is 1. The average molecular weight is 545 g/mol. The number of aromatic nitrogens is 1. The van der Waals surface area contributed by atoms with Gasteiger partial charge in [0.15, 0.2) is 0 Å². The third-order valence-electron chi connectivity index (χ3n) is 6.58. The van der Waals surface area contributed by atoms with E-state index in [0.29, 0.717) is 12.0 Å². The van der Waals surface area contributed by atoms with Gasteiger partial charge in [-0.05, 0) is 30.9 Å². The number of para-hydroxylation sites is 1. The number of nitrogens with zero attached hydrogens (tertiary/aromatic N) is 1. The molecule has 4 atom stereocenters. The van der Waals surface area contributed by atoms with Gasteiger partial charge in [-0.1, -0.05) is 18.2 Å². The Balaban J connectivity index is 1.82. The lowest BCUT2D eigenvalue weighted by atomic mass is 10.0. The van der Waals surface area contributed by atoms with Gasteiger partial charge in [0, 0.05) is 36.5 Å². The molecule has 3 rings (SSSR count). The molecule has 14 nitrogen and oxygen atoms in total. The molecule has 4 amide bonds. The second kappa shape index (κ2) is 12.9. The van der Waals surface area contributed by atoms with Gasteiger partial charge in [-0.25, -0.2) is 4.79 Å². The van der Waals surface area contributed by atoms with Crippen molar-refractivity contribution in [2.75, 3.05) is 6.54 Å². The van der Waals surface area contributed by atoms with Crippen LogP contribution in [0.25, 0.3) is 10.9 Å². The summed E-state index contributed by atoms with van der Waals surface area (Å²) in [5.74, 6) is -5.50. The number of carboxylic acids is 2. The number of aliphatic carboxylic acids is 2. The van der Waals surface area contributed by atoms with Crippen LogP contribution in [0.1, 0.15) is 37.7 Å². The number of hydrogen-bond donors (Lipinski definition) is 7. The van der Waals surface area contributed by atoms with Crippen molar-refractivity contribution in [2.45, 2.75) is 62.7 Å². The maximum Gasteiger partial charge on any atom is 0.326 e. The lowest BCUT2D eigenvalue weighted by molar-refractivity contribution is -0.145. The first-order valence-corrected chi connectivity index (χ1v) is 12.4. The summed E-state index contributed by atoms with van der Waals surface area (Å²) in [4.78, 5) is 77.5. The number of primary amides is 1. The number of carbonyl (C=O) groups is 6. The fraction of sp³-hybridized carbons (Fsp3) is 0.440. The van der Waals surface area contributed by atoms with Crippen LogP contribution in [0.2, 0.25) is 0 Å². The van der Waals surface area contributed by atoms with E-state index < -0.39 is 66.2 Å². The van der Waals surface area contributed by atoms with Crippen molar-refractivity contribution < 1.29 is 39.0 Å². The number of hydrogen-bond acceptors (Lipinski definition) is 7. The maximum absolute atomic E-state index is 13.7. The molecule has 0 radical (unpaired) electrons. The quantitative estimate of drug-likeness (QED) is 0.160. The molecule has 1 aliphatic heterocycles. The molecular formula is C25H32N6O8. The number of carbonyl (C=O) groups excluding carboxylic acids is 4. The predicted octanol–water partition coefficient (Wildman–Crippen LogP) is -1.18. The Hall–Kier alpha value is -4.46. The highest BCUT2D eigenvalue weighted by Gasteiger charge is 2.39. The summed E-state index contributed by atoms with van der Waals surface area (Å²) in [5, 5.41) is 24.2. The van der Waals surface area contributed by atoms with Gasteiger partial charge in [0.2, 0.25) is 23.6 Å². The zero-order valence-corrected chi connectivity index (χ0v) is 21.1. The topological polar surface area (TPSA) is 238 Å². The number of benzene rings is 1. The minimum absolute atomic E-state index is 0.0234. The standard InChI is InChI=1S/C25H32N6O8/c26-15(11-21(33)34)22(35)30-18(10-13-12-28-16-5-2-1-4-14(13)16)24(37)31-9-3-6-19(31)23(36)29-17(25(38)39)7-8-20(27)32/h1-2,4-5,12,15,17-19,28H,3,6-11,26H2,(H2,27,32)(H,29,36)(H,30,35)(H,33,34)(H,38,39). The number of H-pyrrole nitrogens is 1. The van der Waals surface area contributed by atoms with E-state index in [1.807, 2.05) is 24.3 Å². The molecule has 9 N–H and O–H groups in total. The Bertz CT molecular complexity index is 1260. The Morgan fingerprint density at radius 3 is 2.46 bits per heavy atom. The molecule has 39 heavy (non-hydrogen) atoms. The van der Waals surface area contributed by atoms with Crippen LogP contribution in [0, 0.1) is 0 Å². The highest BCUT2D eigenvalue weighted by Crippen LogP contribution is 2.23. The number of nitrogens with one attached hydrogen (secondary N) is 3. The summed E-state index contributed by atoms with van der Waals surface area (Å²) >= 11 is 0. The first kappa shape index (κ1) is 29.1. The Morgan fingerprint density at radius 1 is 1.08 bits per heavy atom. The normalized spacial score (nSPS) is 17.3. The molecular weight excluding hydrogens is 512 g/mol. The molecule has 1 aromatic carbocycles. The summed E-state index contributed by atoms with van der Waals surface area (Å²) in [5.41, 5.74) is 12.3. The number of amides is 4. The molecule has 0 spiro atoms. The smallest absolute Gasteiger partial charge is 0.326 e. The molecule has 4 unspecified atom stereocenters. The summed E-state index contributed by atoms with van der Waals surface area (Å²) in [7, 11) is 0. The molecule has 1 fully saturated rings. The van der Waals surface area contributed by atoms with Crippen molar-refractivity contribution in [1.82, 2.24) is 20.5 Å². The zero-order valence-electron chi connectivity index (χ0n) is 21.1. The van der Waals surface area contributed by atoms with Gasteiger partial charge in [0.25, 0.3) is 0 Å². The van der Waals surface area contributed by atoms with Crippen molar-refractivity contribution in [3.8, 4) is 0 Å². The second-order valence-corrected chi connectivity index (χ2v) is 9.42. The van der Waals surface area contributed by atoms with Crippen LogP contribution in [-0.4, -0.2) is 86.4 Å². The van der Waals surface area contributed by atoms with Gasteiger partial charge in [0.05, 0.1) is 12.5 Å². The van der Waals surface area contributed by atoms with Crippen LogP contribution in [0.5, 0.6) is 0 Å². The molecule has 1 saturated heterocycles. The lowest BCUT2D eigenvalue weighted by Crippen LogP contribution is -2.57. The van der Waals surface area contributed by atoms with Crippen molar-refractivity contribution in [3.05, 3.63) is 36.0 Å². The first-order chi connectivity index (χ1) is 18.5. The van der Waals surface area contributed by atoms with Crippen molar-refractivity contribution in [3.63, 3.8) is 0 Å². The number of aromatic amines is 1. The van der Waals surface area contributed by atoms with E-state index in [0.717, 1.165) is 10.9 Å². The molecule has 0 aliphatic carbocycles. The summed E-state index contributed by atoms with van der Waals surface area (Å²) in [6.07, 6.45) is 1.32. The number of likely N-dealkylation sites (tertiary alicyclic amines) is 1. The van der Waals surface area contributed by atoms with Crippen LogP contribution in [0.4, 0.5) is 0 Å². The van der Waals surface area contributed by atoms with Crippen LogP contribution in [-0.2, 0) is 35.2 Å². The average Bonchev–Trinajstić information content (AvgIpc) is 3.52. The van der Waals surface area contributed by atoms with Gasteiger partial charge in [0.1, 0.15) is 18.1 Å². The predicted molar refractivity (Wildman–Crippen MR) is 137 cm³/mol. The molecule has 1 aliphatic rings. The van der Waals surface area contributed by atoms with Gasteiger partial charge < -0.3 is 42.2 Å². The Kier molecular flexibility index (Phi) is 9.60. The van der Waals surface area contributed by atoms with Gasteiger partial charge in [-0.2, -0.15) is 0 Å². The largest absolute Gasteiger partial charge is 0.481 e. The molecule has 1 aromatic heterocycles. The molecule has 0 bridgehead atoms. The maximum atomic E-state index is 13.7. The third kappa shape index (κ3) is 7.54. The third-order valence-corrected chi connectivity index (χ3v) is 6.58. The van der Waals surface area contributed by atoms with Crippen molar-refractivity contribution in [2.24, 2.45) is 11.5 Å². The van der Waals surface area contributed by atoms with E-state index in [1.54, 1.807) is 6.20 Å². The van der Waals surface area contributed by atoms with Gasteiger partial charge in [-0.3, -0.25) is 24.0 Å². The molecule has 210 valence electrons. The monoisotopic (exact) mass is 544 g/mol. The van der Waals surface area contributed by atoms with Crippen molar-refractivity contribution >= 4 is 46.5 Å². The molecule has 2 aromatic rings. The Labute approximate surface area is 223 Å². The van der Waals surface area contributed by atoms with Crippen LogP contribution in [0.15, 0.2) is 30.5 Å². The number of nitrogens with two attached hydrogens (primary N) is 2. The van der Waals surface area contributed by atoms with E-state index in [1.165, 1.54) is 4.90 Å². The minimum atomic E-state index is -1.40. The van der Waals surface area contributed by atoms with E-state index in [2.05, 4.69) is 15.6 Å². The highest BCUT2D eigenvalue weighted by molar-refractivity contribution is 5.96. The molecule has 14 heteroatoms. The SMILES string of the molecule is NC(=O)CCC(NC(=O)C1CCCN1C(=O)C(Cc1c[nH]c2ccccc12)NC(=O)C(N)CC(=O)O)C(=O)O. The van der Waals surface area contributed by atoms with Crippen LogP contribution >= 0.6 is 0 Å². The fourth-order valence-corrected chi connectivity index (χ4v) is 4.60. The van der Waals surface area contributed by atoms with Crippen LogP contribution in [0.3, 0.4) is 0 Å². The zero-order chi connectivity index (χ0) is 28.7. The van der Waals surface area contributed by atoms with E-state index in [-0.39, 0.29) is 32.2 Å². The highest BCUT2D eigenvalue weighted by atomic mass is 16.4. The minimum Gasteiger partial charge on any atom is -0.481 e. The van der Waals surface area contributed by atoms with Crippen LogP contribution < -0.4 is 22.1 Å².